The summed E-state index contributed by atoms with van der Waals surface area (Å²) in [5.74, 6) is 1.67. The summed E-state index contributed by atoms with van der Waals surface area (Å²) >= 11 is 0. The van der Waals surface area contributed by atoms with Gasteiger partial charge in [-0.15, -0.1) is 5.10 Å². The first kappa shape index (κ1) is 17.0. The van der Waals surface area contributed by atoms with Gasteiger partial charge in [0.15, 0.2) is 11.5 Å². The molecule has 1 N–H and O–H groups in total. The molecular formula is C20H16N8O. The van der Waals surface area contributed by atoms with Crippen LogP contribution < -0.4 is 10.1 Å². The van der Waals surface area contributed by atoms with Gasteiger partial charge in [-0.2, -0.15) is 4.98 Å². The lowest BCUT2D eigenvalue weighted by molar-refractivity contribution is 0.398. The fourth-order valence-corrected chi connectivity index (χ4v) is 3.05. The number of fused-ring (bicyclic) bond motifs is 2. The van der Waals surface area contributed by atoms with Gasteiger partial charge in [0.2, 0.25) is 11.5 Å². The molecule has 4 heterocycles. The molecule has 9 heteroatoms. The number of nitrogens with zero attached hydrogens (tertiary/aromatic N) is 7. The smallest absolute Gasteiger partial charge is 0.221 e. The van der Waals surface area contributed by atoms with Crippen molar-refractivity contribution in [3.8, 4) is 5.88 Å². The third kappa shape index (κ3) is 3.41. The molecule has 0 unspecified atom stereocenters. The minimum Gasteiger partial charge on any atom is -0.481 e. The Morgan fingerprint density at radius 1 is 1.00 bits per heavy atom. The number of aromatic nitrogens is 7. The second-order valence-electron chi connectivity index (χ2n) is 6.37. The van der Waals surface area contributed by atoms with Crippen LogP contribution in [0.1, 0.15) is 5.56 Å². The molecule has 0 spiro atoms. The van der Waals surface area contributed by atoms with Gasteiger partial charge in [0.25, 0.3) is 0 Å². The lowest BCUT2D eigenvalue weighted by Crippen LogP contribution is -2.04. The van der Waals surface area contributed by atoms with Crippen LogP contribution in [-0.4, -0.2) is 42.0 Å². The van der Waals surface area contributed by atoms with Crippen LogP contribution in [0, 0.1) is 0 Å². The van der Waals surface area contributed by atoms with Gasteiger partial charge >= 0.3 is 0 Å². The quantitative estimate of drug-likeness (QED) is 0.493. The highest BCUT2D eigenvalue weighted by Crippen LogP contribution is 2.18. The Balaban J connectivity index is 1.45. The Morgan fingerprint density at radius 2 is 1.97 bits per heavy atom. The fraction of sp³-hybridized carbons (Fsp3) is 0.100. The molecule has 0 saturated heterocycles. The van der Waals surface area contributed by atoms with Crippen LogP contribution in [-0.2, 0) is 6.54 Å². The van der Waals surface area contributed by atoms with Crippen LogP contribution in [0.25, 0.3) is 22.2 Å². The lowest BCUT2D eigenvalue weighted by atomic mass is 10.1. The van der Waals surface area contributed by atoms with Gasteiger partial charge in [-0.25, -0.2) is 14.6 Å². The van der Waals surface area contributed by atoms with Crippen LogP contribution in [0.4, 0.5) is 11.6 Å². The Kier molecular flexibility index (Phi) is 4.17. The number of methoxy groups -OCH3 is 1. The molecular weight excluding hydrogens is 368 g/mol. The normalized spacial score (nSPS) is 11.1. The van der Waals surface area contributed by atoms with Gasteiger partial charge in [-0.1, -0.05) is 23.4 Å². The molecule has 5 rings (SSSR count). The van der Waals surface area contributed by atoms with E-state index in [1.54, 1.807) is 30.3 Å². The molecule has 9 nitrogen and oxygen atoms in total. The standard InChI is InChI=1S/C20H16N8O/c1-29-18-6-2-5-16(24-18)23-17-11-22-19-20(25-17)28(27-26-19)12-13-7-8-15-14(10-13)4-3-9-21-15/h2-11H,12H2,1H3,(H,23,24,25). The second-order valence-corrected chi connectivity index (χ2v) is 6.37. The van der Waals surface area contributed by atoms with Gasteiger partial charge in [-0.3, -0.25) is 4.98 Å². The zero-order valence-electron chi connectivity index (χ0n) is 15.5. The minimum absolute atomic E-state index is 0.483. The summed E-state index contributed by atoms with van der Waals surface area (Å²) in [6, 6.07) is 15.5. The number of anilines is 2. The van der Waals surface area contributed by atoms with Crippen molar-refractivity contribution in [2.45, 2.75) is 6.54 Å². The average Bonchev–Trinajstić information content (AvgIpc) is 3.16. The maximum atomic E-state index is 5.15. The van der Waals surface area contributed by atoms with Gasteiger partial charge < -0.3 is 10.1 Å². The number of benzene rings is 1. The number of rotatable bonds is 5. The molecule has 0 atom stereocenters. The van der Waals surface area contributed by atoms with E-state index >= 15 is 0 Å². The van der Waals surface area contributed by atoms with Crippen LogP contribution in [0.5, 0.6) is 5.88 Å². The zero-order valence-corrected chi connectivity index (χ0v) is 15.5. The van der Waals surface area contributed by atoms with E-state index in [0.29, 0.717) is 35.4 Å². The first-order valence-electron chi connectivity index (χ1n) is 8.96. The maximum Gasteiger partial charge on any atom is 0.221 e. The van der Waals surface area contributed by atoms with Crippen molar-refractivity contribution in [1.29, 1.82) is 0 Å². The summed E-state index contributed by atoms with van der Waals surface area (Å²) in [6.45, 7) is 0.525. The molecule has 0 aliphatic heterocycles. The molecule has 0 bridgehead atoms. The number of pyridine rings is 2. The van der Waals surface area contributed by atoms with E-state index in [9.17, 15) is 0 Å². The Hall–Kier alpha value is -4.14. The highest BCUT2D eigenvalue weighted by Gasteiger charge is 2.10. The van der Waals surface area contributed by atoms with E-state index in [0.717, 1.165) is 16.5 Å². The number of hydrogen-bond donors (Lipinski definition) is 1. The predicted molar refractivity (Wildman–Crippen MR) is 108 cm³/mol. The topological polar surface area (TPSA) is 104 Å². The first-order valence-corrected chi connectivity index (χ1v) is 8.96. The van der Waals surface area contributed by atoms with Crippen molar-refractivity contribution in [2.75, 3.05) is 12.4 Å². The average molecular weight is 384 g/mol. The minimum atomic E-state index is 0.483. The van der Waals surface area contributed by atoms with Crippen LogP contribution in [0.3, 0.4) is 0 Å². The highest BCUT2D eigenvalue weighted by molar-refractivity contribution is 5.79. The van der Waals surface area contributed by atoms with Crippen LogP contribution in [0.15, 0.2) is 60.9 Å². The van der Waals surface area contributed by atoms with Crippen molar-refractivity contribution in [2.24, 2.45) is 0 Å². The van der Waals surface area contributed by atoms with Crippen molar-refractivity contribution in [1.82, 2.24) is 34.9 Å². The van der Waals surface area contributed by atoms with E-state index in [1.807, 2.05) is 36.4 Å². The zero-order chi connectivity index (χ0) is 19.6. The summed E-state index contributed by atoms with van der Waals surface area (Å²) in [6.07, 6.45) is 3.39. The molecule has 0 amide bonds. The van der Waals surface area contributed by atoms with E-state index in [4.69, 9.17) is 4.74 Å². The molecule has 1 aromatic carbocycles. The van der Waals surface area contributed by atoms with E-state index in [1.165, 1.54) is 0 Å². The summed E-state index contributed by atoms with van der Waals surface area (Å²) in [7, 11) is 1.57. The van der Waals surface area contributed by atoms with Gasteiger partial charge in [0, 0.05) is 17.6 Å². The van der Waals surface area contributed by atoms with Gasteiger partial charge in [-0.05, 0) is 29.8 Å². The number of nitrogens with one attached hydrogen (secondary N) is 1. The second kappa shape index (κ2) is 7.12. The predicted octanol–water partition coefficient (Wildman–Crippen LogP) is 2.97. The molecule has 5 aromatic rings. The lowest BCUT2D eigenvalue weighted by Gasteiger charge is -2.07. The molecule has 0 saturated carbocycles. The number of hydrogen-bond acceptors (Lipinski definition) is 8. The van der Waals surface area contributed by atoms with Crippen molar-refractivity contribution < 1.29 is 4.74 Å². The molecule has 0 fully saturated rings. The van der Waals surface area contributed by atoms with Crippen LogP contribution in [0.2, 0.25) is 0 Å². The first-order chi connectivity index (χ1) is 14.3. The monoisotopic (exact) mass is 384 g/mol. The van der Waals surface area contributed by atoms with Crippen LogP contribution >= 0.6 is 0 Å². The third-order valence-electron chi connectivity index (χ3n) is 4.42. The Bertz CT molecular complexity index is 1320. The summed E-state index contributed by atoms with van der Waals surface area (Å²) in [5, 5.41) is 12.5. The van der Waals surface area contributed by atoms with E-state index < -0.39 is 0 Å². The van der Waals surface area contributed by atoms with E-state index in [2.05, 4.69) is 41.6 Å². The Morgan fingerprint density at radius 3 is 2.90 bits per heavy atom. The van der Waals surface area contributed by atoms with E-state index in [-0.39, 0.29) is 0 Å². The molecule has 29 heavy (non-hydrogen) atoms. The molecule has 0 aliphatic carbocycles. The maximum absolute atomic E-state index is 5.15. The largest absolute Gasteiger partial charge is 0.481 e. The van der Waals surface area contributed by atoms with Crippen molar-refractivity contribution >= 4 is 33.8 Å². The van der Waals surface area contributed by atoms with Gasteiger partial charge in [0.1, 0.15) is 5.82 Å². The molecule has 0 aliphatic rings. The molecule has 4 aromatic heterocycles. The SMILES string of the molecule is COc1cccc(Nc2cnc3nnn(Cc4ccc5ncccc5c4)c3n2)n1. The fourth-order valence-electron chi connectivity index (χ4n) is 3.05. The van der Waals surface area contributed by atoms with Gasteiger partial charge in [0.05, 0.1) is 25.4 Å². The third-order valence-corrected chi connectivity index (χ3v) is 4.42. The molecule has 142 valence electrons. The summed E-state index contributed by atoms with van der Waals surface area (Å²) in [4.78, 5) is 17.6. The highest BCUT2D eigenvalue weighted by atomic mass is 16.5. The van der Waals surface area contributed by atoms with Crippen molar-refractivity contribution in [3.05, 3.63) is 66.5 Å². The molecule has 0 radical (unpaired) electrons. The summed E-state index contributed by atoms with van der Waals surface area (Å²) < 4.78 is 6.88. The van der Waals surface area contributed by atoms with Crippen molar-refractivity contribution in [3.63, 3.8) is 0 Å². The summed E-state index contributed by atoms with van der Waals surface area (Å²) in [5.41, 5.74) is 3.10. The number of ether oxygens (including phenoxy) is 1. The Labute approximate surface area is 165 Å².